The molecule has 3 N–H and O–H groups in total. The van der Waals surface area contributed by atoms with Crippen LogP contribution < -0.4 is 24.3 Å². The summed E-state index contributed by atoms with van der Waals surface area (Å²) in [6, 6.07) is 3.12. The van der Waals surface area contributed by atoms with Crippen molar-refractivity contribution in [3.8, 4) is 11.8 Å². The monoisotopic (exact) mass is 384 g/mol. The molecule has 26 heavy (non-hydrogen) atoms. The van der Waals surface area contributed by atoms with E-state index in [1.54, 1.807) is 4.72 Å². The van der Waals surface area contributed by atoms with Crippen molar-refractivity contribution in [1.29, 1.82) is 0 Å². The van der Waals surface area contributed by atoms with Crippen LogP contribution in [0.4, 0.5) is 10.7 Å². The number of carbonyl (C=O) groups is 2. The molecule has 0 spiro atoms. The van der Waals surface area contributed by atoms with E-state index in [1.807, 2.05) is 4.83 Å². The standard InChI is InChI=1S/C13H16N6O6S/c1-8(20)9-5-4-6-19(9)18-26(22,23)17-13(21)16-12-14-10(24-2)7-11(15-12)25-3/h4-7,18H,1-3H3,(H2,14,15,16,17,21). The predicted octanol–water partition coefficient (Wildman–Crippen LogP) is 0.108. The number of aromatic nitrogens is 3. The first-order chi connectivity index (χ1) is 12.2. The average molecular weight is 384 g/mol. The summed E-state index contributed by atoms with van der Waals surface area (Å²) in [5, 5.41) is 2.14. The SMILES string of the molecule is COc1cc(OC)nc(NC(=O)NS(=O)(=O)Nn2cccc2C(C)=O)n1. The molecule has 0 atom stereocenters. The number of ether oxygens (including phenoxy) is 2. The van der Waals surface area contributed by atoms with Crippen molar-refractivity contribution in [3.63, 3.8) is 0 Å². The Morgan fingerprint density at radius 2 is 1.77 bits per heavy atom. The molecule has 2 heterocycles. The Morgan fingerprint density at radius 3 is 2.31 bits per heavy atom. The molecule has 2 aromatic rings. The first-order valence-corrected chi connectivity index (χ1v) is 8.49. The second kappa shape index (κ2) is 7.69. The quantitative estimate of drug-likeness (QED) is 0.568. The topological polar surface area (TPSA) is 154 Å². The number of hydrogen-bond donors (Lipinski definition) is 3. The molecular weight excluding hydrogens is 368 g/mol. The molecule has 0 aromatic carbocycles. The molecular formula is C13H16N6O6S. The summed E-state index contributed by atoms with van der Waals surface area (Å²) in [7, 11) is -1.63. The maximum atomic E-state index is 12.0. The lowest BCUT2D eigenvalue weighted by Crippen LogP contribution is -2.41. The molecule has 13 heteroatoms. The van der Waals surface area contributed by atoms with Gasteiger partial charge in [0.25, 0.3) is 0 Å². The normalized spacial score (nSPS) is 10.7. The number of ketones is 1. The average Bonchev–Trinajstić information content (AvgIpc) is 3.01. The van der Waals surface area contributed by atoms with Crippen molar-refractivity contribution in [2.45, 2.75) is 6.92 Å². The predicted molar refractivity (Wildman–Crippen MR) is 90.0 cm³/mol. The molecule has 12 nitrogen and oxygen atoms in total. The van der Waals surface area contributed by atoms with Crippen molar-refractivity contribution in [2.75, 3.05) is 24.4 Å². The van der Waals surface area contributed by atoms with Crippen LogP contribution in [0.15, 0.2) is 24.4 Å². The number of Topliss-reactive ketones (excluding diaryl/α,β-unsaturated/α-hetero) is 1. The summed E-state index contributed by atoms with van der Waals surface area (Å²) in [5.74, 6) is -0.392. The van der Waals surface area contributed by atoms with Crippen LogP contribution in [0.25, 0.3) is 0 Å². The molecule has 2 rings (SSSR count). The molecule has 2 amide bonds. The van der Waals surface area contributed by atoms with Crippen LogP contribution in [-0.4, -0.2) is 49.1 Å². The van der Waals surface area contributed by atoms with E-state index in [2.05, 4.69) is 15.3 Å². The van der Waals surface area contributed by atoms with Gasteiger partial charge in [0.1, 0.15) is 5.69 Å². The number of carbonyl (C=O) groups excluding carboxylic acids is 2. The van der Waals surface area contributed by atoms with Gasteiger partial charge in [0.15, 0.2) is 5.78 Å². The molecule has 0 unspecified atom stereocenters. The van der Waals surface area contributed by atoms with Crippen molar-refractivity contribution >= 4 is 28.0 Å². The summed E-state index contributed by atoms with van der Waals surface area (Å²) < 4.78 is 36.5. The minimum atomic E-state index is -4.33. The lowest BCUT2D eigenvalue weighted by atomic mass is 10.3. The molecule has 0 aliphatic carbocycles. The van der Waals surface area contributed by atoms with Crippen molar-refractivity contribution in [1.82, 2.24) is 19.4 Å². The summed E-state index contributed by atoms with van der Waals surface area (Å²) >= 11 is 0. The Bertz CT molecular complexity index is 903. The highest BCUT2D eigenvalue weighted by molar-refractivity contribution is 7.90. The van der Waals surface area contributed by atoms with Gasteiger partial charge in [-0.15, -0.1) is 0 Å². The van der Waals surface area contributed by atoms with Crippen LogP contribution >= 0.6 is 0 Å². The minimum absolute atomic E-state index is 0.0941. The molecule has 0 saturated heterocycles. The molecule has 0 radical (unpaired) electrons. The highest BCUT2D eigenvalue weighted by atomic mass is 32.2. The van der Waals surface area contributed by atoms with Crippen LogP contribution in [0.2, 0.25) is 0 Å². The third-order valence-electron chi connectivity index (χ3n) is 2.88. The van der Waals surface area contributed by atoms with Gasteiger partial charge < -0.3 is 9.47 Å². The molecule has 0 aliphatic rings. The summed E-state index contributed by atoms with van der Waals surface area (Å²) in [6.07, 6.45) is 1.31. The maximum absolute atomic E-state index is 12.0. The number of amides is 2. The van der Waals surface area contributed by atoms with Crippen molar-refractivity contribution < 1.29 is 27.5 Å². The van der Waals surface area contributed by atoms with E-state index in [4.69, 9.17) is 9.47 Å². The lowest BCUT2D eigenvalue weighted by molar-refractivity contribution is 0.101. The Hall–Kier alpha value is -3.35. The second-order valence-corrected chi connectivity index (χ2v) is 6.14. The number of nitrogens with one attached hydrogen (secondary N) is 3. The van der Waals surface area contributed by atoms with Crippen molar-refractivity contribution in [3.05, 3.63) is 30.1 Å². The Balaban J connectivity index is 2.09. The smallest absolute Gasteiger partial charge is 0.338 e. The van der Waals surface area contributed by atoms with Crippen LogP contribution in [0, 0.1) is 0 Å². The van der Waals surface area contributed by atoms with Crippen LogP contribution in [-0.2, 0) is 10.2 Å². The zero-order valence-electron chi connectivity index (χ0n) is 14.0. The van der Waals surface area contributed by atoms with Crippen LogP contribution in [0.1, 0.15) is 17.4 Å². The number of nitrogens with zero attached hydrogens (tertiary/aromatic N) is 3. The van der Waals surface area contributed by atoms with E-state index in [0.29, 0.717) is 0 Å². The van der Waals surface area contributed by atoms with Gasteiger partial charge in [-0.05, 0) is 12.1 Å². The van der Waals surface area contributed by atoms with Crippen LogP contribution in [0.3, 0.4) is 0 Å². The molecule has 2 aromatic heterocycles. The molecule has 140 valence electrons. The molecule has 0 aliphatic heterocycles. The Kier molecular flexibility index (Phi) is 5.61. The van der Waals surface area contributed by atoms with Gasteiger partial charge in [-0.3, -0.25) is 10.1 Å². The zero-order chi connectivity index (χ0) is 19.3. The van der Waals surface area contributed by atoms with E-state index in [0.717, 1.165) is 4.68 Å². The minimum Gasteiger partial charge on any atom is -0.481 e. The summed E-state index contributed by atoms with van der Waals surface area (Å²) in [6.45, 7) is 1.27. The van der Waals surface area contributed by atoms with E-state index in [9.17, 15) is 18.0 Å². The van der Waals surface area contributed by atoms with Gasteiger partial charge in [-0.25, -0.2) is 19.0 Å². The van der Waals surface area contributed by atoms with Crippen molar-refractivity contribution in [2.24, 2.45) is 0 Å². The third kappa shape index (κ3) is 4.83. The van der Waals surface area contributed by atoms with E-state index in [1.165, 1.54) is 45.5 Å². The van der Waals surface area contributed by atoms with Gasteiger partial charge in [0.2, 0.25) is 17.7 Å². The number of urea groups is 1. The largest absolute Gasteiger partial charge is 0.481 e. The first kappa shape index (κ1) is 19.0. The number of rotatable bonds is 7. The van der Waals surface area contributed by atoms with Gasteiger partial charge in [-0.1, -0.05) is 0 Å². The highest BCUT2D eigenvalue weighted by Gasteiger charge is 2.18. The first-order valence-electron chi connectivity index (χ1n) is 7.01. The maximum Gasteiger partial charge on any atom is 0.338 e. The molecule has 0 fully saturated rings. The lowest BCUT2D eigenvalue weighted by Gasteiger charge is -2.12. The summed E-state index contributed by atoms with van der Waals surface area (Å²) in [4.78, 5) is 33.0. The number of methoxy groups -OCH3 is 2. The van der Waals surface area contributed by atoms with E-state index in [-0.39, 0.29) is 29.2 Å². The summed E-state index contributed by atoms with van der Waals surface area (Å²) in [5.41, 5.74) is 0.0941. The van der Waals surface area contributed by atoms with Gasteiger partial charge in [0.05, 0.1) is 20.3 Å². The van der Waals surface area contributed by atoms with Gasteiger partial charge in [-0.2, -0.15) is 18.4 Å². The zero-order valence-corrected chi connectivity index (χ0v) is 14.8. The molecule has 0 saturated carbocycles. The fourth-order valence-electron chi connectivity index (χ4n) is 1.82. The second-order valence-electron chi connectivity index (χ2n) is 4.75. The Labute approximate surface area is 148 Å². The van der Waals surface area contributed by atoms with Gasteiger partial charge in [0, 0.05) is 13.1 Å². The van der Waals surface area contributed by atoms with Crippen LogP contribution in [0.5, 0.6) is 11.8 Å². The molecule has 0 bridgehead atoms. The fourth-order valence-corrected chi connectivity index (χ4v) is 2.58. The van der Waals surface area contributed by atoms with Gasteiger partial charge >= 0.3 is 16.2 Å². The third-order valence-corrected chi connectivity index (χ3v) is 3.77. The highest BCUT2D eigenvalue weighted by Crippen LogP contribution is 2.17. The van der Waals surface area contributed by atoms with E-state index >= 15 is 0 Å². The Morgan fingerprint density at radius 1 is 1.15 bits per heavy atom. The number of anilines is 1. The van der Waals surface area contributed by atoms with E-state index < -0.39 is 16.2 Å². The number of hydrogen-bond acceptors (Lipinski definition) is 8. The fraction of sp³-hybridized carbons (Fsp3) is 0.231.